The Labute approximate surface area is 260 Å². The average Bonchev–Trinajstić information content (AvgIpc) is 2.97. The summed E-state index contributed by atoms with van der Waals surface area (Å²) in [6.07, 6.45) is 44.2. The molecule has 2 heteroatoms. The van der Waals surface area contributed by atoms with Crippen LogP contribution in [0, 0.1) is 5.92 Å². The van der Waals surface area contributed by atoms with Crippen LogP contribution < -0.4 is 0 Å². The van der Waals surface area contributed by atoms with Crippen LogP contribution in [0.2, 0.25) is 0 Å². The maximum absolute atomic E-state index is 12.3. The zero-order valence-electron chi connectivity index (χ0n) is 28.9. The summed E-state index contributed by atoms with van der Waals surface area (Å²) >= 11 is 0. The molecule has 0 radical (unpaired) electrons. The molecule has 41 heavy (non-hydrogen) atoms. The fourth-order valence-corrected chi connectivity index (χ4v) is 6.27. The van der Waals surface area contributed by atoms with E-state index in [9.17, 15) is 4.79 Å². The molecule has 0 spiro atoms. The molecule has 0 amide bonds. The van der Waals surface area contributed by atoms with Crippen molar-refractivity contribution in [3.8, 4) is 0 Å². The number of hydrogen-bond donors (Lipinski definition) is 0. The van der Waals surface area contributed by atoms with Gasteiger partial charge in [0.15, 0.2) is 0 Å². The number of esters is 1. The molecule has 0 N–H and O–H groups in total. The van der Waals surface area contributed by atoms with Gasteiger partial charge in [-0.1, -0.05) is 213 Å². The van der Waals surface area contributed by atoms with E-state index < -0.39 is 0 Å². The Bertz CT molecular complexity index is 488. The maximum atomic E-state index is 12.3. The first-order chi connectivity index (χ1) is 20.2. The zero-order valence-corrected chi connectivity index (χ0v) is 28.9. The molecule has 0 heterocycles. The van der Waals surface area contributed by atoms with Gasteiger partial charge in [0.1, 0.15) is 0 Å². The Balaban J connectivity index is 3.95. The van der Waals surface area contributed by atoms with Crippen LogP contribution in [0.15, 0.2) is 0 Å². The zero-order chi connectivity index (χ0) is 29.9. The summed E-state index contributed by atoms with van der Waals surface area (Å²) in [7, 11) is 0. The van der Waals surface area contributed by atoms with Crippen LogP contribution in [0.4, 0.5) is 0 Å². The second-order valence-electron chi connectivity index (χ2n) is 13.4. The highest BCUT2D eigenvalue weighted by Crippen LogP contribution is 2.23. The second-order valence-corrected chi connectivity index (χ2v) is 13.4. The van der Waals surface area contributed by atoms with Crippen molar-refractivity contribution >= 4 is 5.97 Å². The maximum Gasteiger partial charge on any atom is 0.305 e. The standard InChI is InChI=1S/C39H78O2/c1-4-7-10-13-16-19-21-23-26-29-32-35-39(40)41-37-36-38(33-30-27-24-18-15-12-9-6-3)34-31-28-25-22-20-17-14-11-8-5-2/h38H,4-37H2,1-3H3. The van der Waals surface area contributed by atoms with Crippen molar-refractivity contribution in [2.45, 2.75) is 233 Å². The van der Waals surface area contributed by atoms with Crippen LogP contribution in [-0.2, 0) is 9.53 Å². The van der Waals surface area contributed by atoms with Crippen molar-refractivity contribution in [3.05, 3.63) is 0 Å². The minimum absolute atomic E-state index is 0.0469. The lowest BCUT2D eigenvalue weighted by molar-refractivity contribution is -0.144. The minimum atomic E-state index is 0.0469. The predicted octanol–water partition coefficient (Wildman–Crippen LogP) is 14.1. The first kappa shape index (κ1) is 40.5. The van der Waals surface area contributed by atoms with E-state index in [1.54, 1.807) is 0 Å². The topological polar surface area (TPSA) is 26.3 Å². The molecule has 0 aromatic carbocycles. The van der Waals surface area contributed by atoms with E-state index in [0.29, 0.717) is 13.0 Å². The monoisotopic (exact) mass is 579 g/mol. The largest absolute Gasteiger partial charge is 0.466 e. The van der Waals surface area contributed by atoms with Gasteiger partial charge in [-0.25, -0.2) is 0 Å². The van der Waals surface area contributed by atoms with E-state index in [0.717, 1.165) is 18.8 Å². The Hall–Kier alpha value is -0.530. The lowest BCUT2D eigenvalue weighted by Crippen LogP contribution is -2.10. The molecule has 0 aromatic rings. The fraction of sp³-hybridized carbons (Fsp3) is 0.974. The molecular weight excluding hydrogens is 500 g/mol. The molecule has 0 aromatic heterocycles. The molecule has 1 unspecified atom stereocenters. The average molecular weight is 579 g/mol. The Morgan fingerprint density at radius 1 is 0.390 bits per heavy atom. The highest BCUT2D eigenvalue weighted by molar-refractivity contribution is 5.69. The first-order valence-corrected chi connectivity index (χ1v) is 19.4. The summed E-state index contributed by atoms with van der Waals surface area (Å²) in [4.78, 5) is 12.3. The number of ether oxygens (including phenoxy) is 1. The van der Waals surface area contributed by atoms with Crippen molar-refractivity contribution in [3.63, 3.8) is 0 Å². The van der Waals surface area contributed by atoms with Crippen LogP contribution in [0.1, 0.15) is 233 Å². The van der Waals surface area contributed by atoms with Crippen molar-refractivity contribution < 1.29 is 9.53 Å². The van der Waals surface area contributed by atoms with Gasteiger partial charge >= 0.3 is 5.97 Å². The van der Waals surface area contributed by atoms with Crippen molar-refractivity contribution in [1.82, 2.24) is 0 Å². The third-order valence-corrected chi connectivity index (χ3v) is 9.21. The lowest BCUT2D eigenvalue weighted by Gasteiger charge is -2.17. The molecule has 1 atom stereocenters. The van der Waals surface area contributed by atoms with Crippen LogP contribution in [0.3, 0.4) is 0 Å². The van der Waals surface area contributed by atoms with Crippen molar-refractivity contribution in [2.75, 3.05) is 6.61 Å². The highest BCUT2D eigenvalue weighted by atomic mass is 16.5. The predicted molar refractivity (Wildman–Crippen MR) is 184 cm³/mol. The van der Waals surface area contributed by atoms with Crippen LogP contribution in [-0.4, -0.2) is 12.6 Å². The van der Waals surface area contributed by atoms with Crippen LogP contribution >= 0.6 is 0 Å². The van der Waals surface area contributed by atoms with E-state index in [4.69, 9.17) is 4.74 Å². The number of unbranched alkanes of at least 4 members (excludes halogenated alkanes) is 26. The van der Waals surface area contributed by atoms with Crippen LogP contribution in [0.5, 0.6) is 0 Å². The summed E-state index contributed by atoms with van der Waals surface area (Å²) in [5.41, 5.74) is 0. The molecule has 2 nitrogen and oxygen atoms in total. The molecule has 0 fully saturated rings. The molecule has 0 saturated carbocycles. The number of rotatable bonds is 35. The number of carbonyl (C=O) groups is 1. The normalized spacial score (nSPS) is 12.2. The Kier molecular flexibility index (Phi) is 35.2. The summed E-state index contributed by atoms with van der Waals surface area (Å²) < 4.78 is 5.71. The highest BCUT2D eigenvalue weighted by Gasteiger charge is 2.11. The van der Waals surface area contributed by atoms with Gasteiger partial charge < -0.3 is 4.74 Å². The molecule has 0 aliphatic rings. The molecule has 0 bridgehead atoms. The van der Waals surface area contributed by atoms with E-state index in [-0.39, 0.29) is 5.97 Å². The van der Waals surface area contributed by atoms with E-state index in [1.807, 2.05) is 0 Å². The Morgan fingerprint density at radius 3 is 1.02 bits per heavy atom. The second kappa shape index (κ2) is 35.7. The molecule has 246 valence electrons. The summed E-state index contributed by atoms with van der Waals surface area (Å²) in [6, 6.07) is 0. The molecule has 0 aliphatic heterocycles. The number of carbonyl (C=O) groups excluding carboxylic acids is 1. The summed E-state index contributed by atoms with van der Waals surface area (Å²) in [6.45, 7) is 7.53. The Morgan fingerprint density at radius 2 is 0.683 bits per heavy atom. The summed E-state index contributed by atoms with van der Waals surface area (Å²) in [5.74, 6) is 0.796. The van der Waals surface area contributed by atoms with Crippen molar-refractivity contribution in [2.24, 2.45) is 5.92 Å². The third-order valence-electron chi connectivity index (χ3n) is 9.21. The van der Waals surface area contributed by atoms with Gasteiger partial charge in [-0.15, -0.1) is 0 Å². The van der Waals surface area contributed by atoms with Gasteiger partial charge in [0.05, 0.1) is 6.61 Å². The number of hydrogen-bond acceptors (Lipinski definition) is 2. The van der Waals surface area contributed by atoms with E-state index >= 15 is 0 Å². The third kappa shape index (κ3) is 33.8. The van der Waals surface area contributed by atoms with Gasteiger partial charge in [0.25, 0.3) is 0 Å². The lowest BCUT2D eigenvalue weighted by atomic mass is 9.91. The van der Waals surface area contributed by atoms with Gasteiger partial charge in [0.2, 0.25) is 0 Å². The summed E-state index contributed by atoms with van der Waals surface area (Å²) in [5, 5.41) is 0. The van der Waals surface area contributed by atoms with Crippen LogP contribution in [0.25, 0.3) is 0 Å². The quantitative estimate of drug-likeness (QED) is 0.0552. The fourth-order valence-electron chi connectivity index (χ4n) is 6.27. The minimum Gasteiger partial charge on any atom is -0.466 e. The van der Waals surface area contributed by atoms with Gasteiger partial charge in [0, 0.05) is 6.42 Å². The van der Waals surface area contributed by atoms with Crippen molar-refractivity contribution in [1.29, 1.82) is 0 Å². The molecule has 0 rings (SSSR count). The van der Waals surface area contributed by atoms with Gasteiger partial charge in [-0.2, -0.15) is 0 Å². The van der Waals surface area contributed by atoms with Gasteiger partial charge in [-0.3, -0.25) is 4.79 Å². The smallest absolute Gasteiger partial charge is 0.305 e. The first-order valence-electron chi connectivity index (χ1n) is 19.4. The molecule has 0 saturated heterocycles. The van der Waals surface area contributed by atoms with Gasteiger partial charge in [-0.05, 0) is 18.8 Å². The molecule has 0 aliphatic carbocycles. The molecular formula is C39H78O2. The van der Waals surface area contributed by atoms with E-state index in [1.165, 1.54) is 193 Å². The van der Waals surface area contributed by atoms with E-state index in [2.05, 4.69) is 20.8 Å². The SMILES string of the molecule is CCCCCCCCCCCCCC(=O)OCCC(CCCCCCCCCC)CCCCCCCCCCCC.